The van der Waals surface area contributed by atoms with Gasteiger partial charge in [0.25, 0.3) is 0 Å². The Morgan fingerprint density at radius 1 is 1.24 bits per heavy atom. The van der Waals surface area contributed by atoms with E-state index in [0.717, 1.165) is 11.4 Å². The van der Waals surface area contributed by atoms with Crippen LogP contribution in [0, 0.1) is 0 Å². The lowest BCUT2D eigenvalue weighted by atomic mass is 10.3. The van der Waals surface area contributed by atoms with Crippen molar-refractivity contribution in [2.75, 3.05) is 24.7 Å². The lowest BCUT2D eigenvalue weighted by Gasteiger charge is -2.14. The average Bonchev–Trinajstić information content (AvgIpc) is 2.32. The summed E-state index contributed by atoms with van der Waals surface area (Å²) in [5.74, 6) is 1.38. The van der Waals surface area contributed by atoms with Crippen LogP contribution in [0.15, 0.2) is 42.7 Å². The average molecular weight is 229 g/mol. The van der Waals surface area contributed by atoms with Gasteiger partial charge in [-0.25, -0.2) is 0 Å². The summed E-state index contributed by atoms with van der Waals surface area (Å²) in [5.41, 5.74) is 7.38. The van der Waals surface area contributed by atoms with Gasteiger partial charge in [0.15, 0.2) is 5.75 Å². The van der Waals surface area contributed by atoms with Crippen LogP contribution in [0.2, 0.25) is 0 Å². The summed E-state index contributed by atoms with van der Waals surface area (Å²) in [6, 6.07) is 9.56. The molecule has 4 nitrogen and oxygen atoms in total. The third-order valence-electron chi connectivity index (χ3n) is 2.37. The van der Waals surface area contributed by atoms with Crippen LogP contribution in [-0.2, 0) is 0 Å². The largest absolute Gasteiger partial charge is 0.455 e. The molecule has 4 heteroatoms. The van der Waals surface area contributed by atoms with Crippen LogP contribution in [0.5, 0.6) is 11.5 Å². The zero-order chi connectivity index (χ0) is 12.3. The Morgan fingerprint density at radius 3 is 2.76 bits per heavy atom. The maximum Gasteiger partial charge on any atom is 0.153 e. The van der Waals surface area contributed by atoms with Crippen LogP contribution in [0.3, 0.4) is 0 Å². The van der Waals surface area contributed by atoms with Crippen molar-refractivity contribution in [3.05, 3.63) is 42.7 Å². The number of anilines is 2. The molecule has 0 aliphatic rings. The molecule has 0 unspecified atom stereocenters. The third kappa shape index (κ3) is 2.66. The van der Waals surface area contributed by atoms with Gasteiger partial charge in [0.1, 0.15) is 5.75 Å². The number of nitrogens with zero attached hydrogens (tertiary/aromatic N) is 2. The second-order valence-electron chi connectivity index (χ2n) is 3.91. The van der Waals surface area contributed by atoms with Crippen LogP contribution in [0.25, 0.3) is 0 Å². The minimum Gasteiger partial charge on any atom is -0.455 e. The zero-order valence-corrected chi connectivity index (χ0v) is 9.92. The number of ether oxygens (including phenoxy) is 1. The molecule has 0 fully saturated rings. The van der Waals surface area contributed by atoms with Gasteiger partial charge in [-0.1, -0.05) is 6.07 Å². The SMILES string of the molecule is CN(C)c1cccc(Oc2ccncc2N)c1. The summed E-state index contributed by atoms with van der Waals surface area (Å²) < 4.78 is 5.71. The van der Waals surface area contributed by atoms with Crippen LogP contribution >= 0.6 is 0 Å². The fourth-order valence-corrected chi connectivity index (χ4v) is 1.44. The Hall–Kier alpha value is -2.23. The second kappa shape index (κ2) is 4.74. The molecule has 0 atom stereocenters. The highest BCUT2D eigenvalue weighted by molar-refractivity contribution is 5.54. The number of pyridine rings is 1. The van der Waals surface area contributed by atoms with Crippen molar-refractivity contribution in [2.24, 2.45) is 0 Å². The molecule has 0 bridgehead atoms. The molecule has 0 spiro atoms. The van der Waals surface area contributed by atoms with Crippen molar-refractivity contribution in [1.29, 1.82) is 0 Å². The molecule has 2 aromatic rings. The summed E-state index contributed by atoms with van der Waals surface area (Å²) in [6.07, 6.45) is 3.23. The lowest BCUT2D eigenvalue weighted by Crippen LogP contribution is -2.08. The van der Waals surface area contributed by atoms with E-state index in [0.29, 0.717) is 11.4 Å². The molecule has 0 saturated carbocycles. The third-order valence-corrected chi connectivity index (χ3v) is 2.37. The highest BCUT2D eigenvalue weighted by atomic mass is 16.5. The summed E-state index contributed by atoms with van der Waals surface area (Å²) >= 11 is 0. The topological polar surface area (TPSA) is 51.4 Å². The van der Waals surface area contributed by atoms with Crippen LogP contribution in [-0.4, -0.2) is 19.1 Å². The van der Waals surface area contributed by atoms with Crippen molar-refractivity contribution >= 4 is 11.4 Å². The predicted molar refractivity (Wildman–Crippen MR) is 69.5 cm³/mol. The van der Waals surface area contributed by atoms with Gasteiger partial charge in [-0.15, -0.1) is 0 Å². The Kier molecular flexibility index (Phi) is 3.14. The second-order valence-corrected chi connectivity index (χ2v) is 3.91. The van der Waals surface area contributed by atoms with Crippen LogP contribution in [0.1, 0.15) is 0 Å². The molecule has 1 aromatic carbocycles. The maximum atomic E-state index is 5.77. The van der Waals surface area contributed by atoms with E-state index in [1.54, 1.807) is 18.5 Å². The number of benzene rings is 1. The number of rotatable bonds is 3. The van der Waals surface area contributed by atoms with Crippen molar-refractivity contribution in [2.45, 2.75) is 0 Å². The quantitative estimate of drug-likeness (QED) is 0.878. The van der Waals surface area contributed by atoms with Crippen molar-refractivity contribution in [3.8, 4) is 11.5 Å². The van der Waals surface area contributed by atoms with E-state index in [-0.39, 0.29) is 0 Å². The molecule has 88 valence electrons. The monoisotopic (exact) mass is 229 g/mol. The normalized spacial score (nSPS) is 10.0. The first-order valence-electron chi connectivity index (χ1n) is 5.31. The highest BCUT2D eigenvalue weighted by Gasteiger charge is 2.03. The summed E-state index contributed by atoms with van der Waals surface area (Å²) in [5, 5.41) is 0. The minimum atomic E-state index is 0.530. The minimum absolute atomic E-state index is 0.530. The summed E-state index contributed by atoms with van der Waals surface area (Å²) in [7, 11) is 3.97. The summed E-state index contributed by atoms with van der Waals surface area (Å²) in [6.45, 7) is 0. The molecule has 2 rings (SSSR count). The lowest BCUT2D eigenvalue weighted by molar-refractivity contribution is 0.484. The Bertz CT molecular complexity index is 512. The molecule has 0 radical (unpaired) electrons. The number of nitrogen functional groups attached to an aromatic ring is 1. The van der Waals surface area contributed by atoms with E-state index in [4.69, 9.17) is 10.5 Å². The fourth-order valence-electron chi connectivity index (χ4n) is 1.44. The predicted octanol–water partition coefficient (Wildman–Crippen LogP) is 2.52. The van der Waals surface area contributed by atoms with Gasteiger partial charge in [0.2, 0.25) is 0 Å². The van der Waals surface area contributed by atoms with E-state index < -0.39 is 0 Å². The first-order valence-corrected chi connectivity index (χ1v) is 5.31. The molecule has 1 aromatic heterocycles. The molecule has 0 aliphatic heterocycles. The fraction of sp³-hybridized carbons (Fsp3) is 0.154. The van der Waals surface area contributed by atoms with Gasteiger partial charge in [-0.3, -0.25) is 4.98 Å². The van der Waals surface area contributed by atoms with Crippen molar-refractivity contribution in [3.63, 3.8) is 0 Å². The Morgan fingerprint density at radius 2 is 2.06 bits per heavy atom. The molecule has 17 heavy (non-hydrogen) atoms. The number of hydrogen-bond acceptors (Lipinski definition) is 4. The van der Waals surface area contributed by atoms with E-state index >= 15 is 0 Å². The van der Waals surface area contributed by atoms with Gasteiger partial charge in [0.05, 0.1) is 11.9 Å². The number of hydrogen-bond donors (Lipinski definition) is 1. The van der Waals surface area contributed by atoms with E-state index in [1.165, 1.54) is 0 Å². The van der Waals surface area contributed by atoms with Gasteiger partial charge >= 0.3 is 0 Å². The zero-order valence-electron chi connectivity index (χ0n) is 9.92. The molecular formula is C13H15N3O. The molecule has 0 aliphatic carbocycles. The Labute approximate surface area is 101 Å². The molecular weight excluding hydrogens is 214 g/mol. The smallest absolute Gasteiger partial charge is 0.153 e. The van der Waals surface area contributed by atoms with E-state index in [1.807, 2.05) is 43.3 Å². The van der Waals surface area contributed by atoms with Crippen molar-refractivity contribution < 1.29 is 4.74 Å². The van der Waals surface area contributed by atoms with Gasteiger partial charge in [-0.2, -0.15) is 0 Å². The standard InChI is InChI=1S/C13H15N3O/c1-16(2)10-4-3-5-11(8-10)17-13-6-7-15-9-12(13)14/h3-9H,14H2,1-2H3. The van der Waals surface area contributed by atoms with Crippen LogP contribution < -0.4 is 15.4 Å². The van der Waals surface area contributed by atoms with Crippen molar-refractivity contribution in [1.82, 2.24) is 4.98 Å². The van der Waals surface area contributed by atoms with Gasteiger partial charge in [0, 0.05) is 38.1 Å². The Balaban J connectivity index is 2.25. The van der Waals surface area contributed by atoms with Gasteiger partial charge < -0.3 is 15.4 Å². The van der Waals surface area contributed by atoms with Crippen LogP contribution in [0.4, 0.5) is 11.4 Å². The number of nitrogens with two attached hydrogens (primary N) is 1. The summed E-state index contributed by atoms with van der Waals surface area (Å²) in [4.78, 5) is 5.94. The first-order chi connectivity index (χ1) is 8.16. The molecule has 1 heterocycles. The molecule has 0 saturated heterocycles. The maximum absolute atomic E-state index is 5.77. The van der Waals surface area contributed by atoms with E-state index in [9.17, 15) is 0 Å². The molecule has 2 N–H and O–H groups in total. The first kappa shape index (κ1) is 11.3. The highest BCUT2D eigenvalue weighted by Crippen LogP contribution is 2.28. The van der Waals surface area contributed by atoms with E-state index in [2.05, 4.69) is 4.98 Å². The molecule has 0 amide bonds. The van der Waals surface area contributed by atoms with Gasteiger partial charge in [-0.05, 0) is 12.1 Å². The number of aromatic nitrogens is 1.